The number of carbonyl (C=O) groups is 2. The Morgan fingerprint density at radius 1 is 1.20 bits per heavy atom. The fraction of sp³-hybridized carbons (Fsp3) is 0.167. The van der Waals surface area contributed by atoms with E-state index < -0.39 is 5.91 Å². The molecule has 1 fully saturated rings. The minimum Gasteiger partial charge on any atom is -0.508 e. The van der Waals surface area contributed by atoms with Gasteiger partial charge in [0.1, 0.15) is 17.1 Å². The zero-order chi connectivity index (χ0) is 21.6. The summed E-state index contributed by atoms with van der Waals surface area (Å²) >= 11 is 0. The van der Waals surface area contributed by atoms with Gasteiger partial charge in [0.25, 0.3) is 5.91 Å². The van der Waals surface area contributed by atoms with Crippen molar-refractivity contribution in [1.29, 1.82) is 0 Å². The van der Waals surface area contributed by atoms with E-state index in [2.05, 4.69) is 13.2 Å². The average molecular weight is 402 g/mol. The van der Waals surface area contributed by atoms with E-state index in [0.29, 0.717) is 35.6 Å². The summed E-state index contributed by atoms with van der Waals surface area (Å²) in [5.74, 6) is 0.111. The summed E-state index contributed by atoms with van der Waals surface area (Å²) < 4.78 is 6.07. The Labute approximate surface area is 173 Å². The number of fused-ring (bicyclic) bond motifs is 1. The number of likely N-dealkylation sites (tertiary alicyclic amines) is 1. The van der Waals surface area contributed by atoms with Crippen LogP contribution < -0.4 is 5.73 Å². The van der Waals surface area contributed by atoms with E-state index >= 15 is 0 Å². The smallest absolute Gasteiger partial charge is 0.253 e. The maximum absolute atomic E-state index is 12.4. The van der Waals surface area contributed by atoms with E-state index in [0.717, 1.165) is 16.5 Å². The zero-order valence-electron chi connectivity index (χ0n) is 16.6. The first-order chi connectivity index (χ1) is 14.3. The second kappa shape index (κ2) is 7.22. The fourth-order valence-electron chi connectivity index (χ4n) is 4.03. The number of carbonyl (C=O) groups excluding carboxylic acids is 2. The number of furan rings is 1. The number of primary amides is 1. The SMILES string of the molecule is C=CC(=O)N1CC(c2cc3ccc(-c4cc(O)cc(C)c4C=C)c(C(N)=O)c3o2)C1. The van der Waals surface area contributed by atoms with Crippen LogP contribution in [0.2, 0.25) is 0 Å². The molecule has 0 atom stereocenters. The number of hydrogen-bond donors (Lipinski definition) is 2. The lowest BCUT2D eigenvalue weighted by Crippen LogP contribution is -2.47. The van der Waals surface area contributed by atoms with Crippen molar-refractivity contribution in [3.05, 3.63) is 72.0 Å². The Kier molecular flexibility index (Phi) is 4.70. The van der Waals surface area contributed by atoms with Crippen molar-refractivity contribution in [1.82, 2.24) is 4.90 Å². The lowest BCUT2D eigenvalue weighted by atomic mass is 9.91. The van der Waals surface area contributed by atoms with Gasteiger partial charge in [-0.25, -0.2) is 0 Å². The van der Waals surface area contributed by atoms with Gasteiger partial charge < -0.3 is 20.2 Å². The highest BCUT2D eigenvalue weighted by atomic mass is 16.3. The van der Waals surface area contributed by atoms with Gasteiger partial charge in [0, 0.05) is 18.5 Å². The lowest BCUT2D eigenvalue weighted by molar-refractivity contribution is -0.130. The molecule has 0 spiro atoms. The molecule has 0 aliphatic carbocycles. The summed E-state index contributed by atoms with van der Waals surface area (Å²) in [5, 5.41) is 10.9. The minimum absolute atomic E-state index is 0.0530. The lowest BCUT2D eigenvalue weighted by Gasteiger charge is -2.37. The van der Waals surface area contributed by atoms with E-state index in [4.69, 9.17) is 10.2 Å². The Bertz CT molecular complexity index is 1220. The highest BCUT2D eigenvalue weighted by Crippen LogP contribution is 2.39. The molecule has 1 aromatic heterocycles. The number of benzene rings is 2. The topological polar surface area (TPSA) is 96.8 Å². The standard InChI is InChI=1S/C24H22N2O4/c1-4-17-13(3)8-16(27)10-19(17)18-7-6-14-9-20(30-23(14)22(18)24(25)29)15-11-26(12-15)21(28)5-2/h4-10,15,27H,1-2,11-12H2,3H3,(H2,25,29). The average Bonchev–Trinajstić information content (AvgIpc) is 3.08. The van der Waals surface area contributed by atoms with Crippen LogP contribution in [0.15, 0.2) is 54.0 Å². The van der Waals surface area contributed by atoms with Crippen molar-refractivity contribution in [2.75, 3.05) is 13.1 Å². The summed E-state index contributed by atoms with van der Waals surface area (Å²) in [6.07, 6.45) is 2.98. The van der Waals surface area contributed by atoms with Gasteiger partial charge in [-0.1, -0.05) is 31.4 Å². The highest BCUT2D eigenvalue weighted by Gasteiger charge is 2.33. The van der Waals surface area contributed by atoms with Gasteiger partial charge in [0.2, 0.25) is 5.91 Å². The van der Waals surface area contributed by atoms with Gasteiger partial charge in [0.15, 0.2) is 0 Å². The zero-order valence-corrected chi connectivity index (χ0v) is 16.6. The largest absolute Gasteiger partial charge is 0.508 e. The van der Waals surface area contributed by atoms with Crippen LogP contribution in [0.5, 0.6) is 5.75 Å². The molecule has 0 unspecified atom stereocenters. The van der Waals surface area contributed by atoms with Crippen LogP contribution in [0, 0.1) is 6.92 Å². The molecule has 30 heavy (non-hydrogen) atoms. The van der Waals surface area contributed by atoms with Gasteiger partial charge in [-0.05, 0) is 53.5 Å². The van der Waals surface area contributed by atoms with Crippen LogP contribution in [0.1, 0.15) is 33.2 Å². The van der Waals surface area contributed by atoms with Crippen LogP contribution in [-0.4, -0.2) is 34.9 Å². The third kappa shape index (κ3) is 3.06. The molecule has 2 amide bonds. The van der Waals surface area contributed by atoms with E-state index in [1.165, 1.54) is 6.08 Å². The first-order valence-corrected chi connectivity index (χ1v) is 9.58. The molecule has 4 rings (SSSR count). The first kappa shape index (κ1) is 19.5. The second-order valence-corrected chi connectivity index (χ2v) is 7.49. The molecule has 6 nitrogen and oxygen atoms in total. The van der Waals surface area contributed by atoms with Gasteiger partial charge in [-0.2, -0.15) is 0 Å². The molecule has 1 saturated heterocycles. The van der Waals surface area contributed by atoms with E-state index in [1.54, 1.807) is 29.2 Å². The minimum atomic E-state index is -0.621. The maximum Gasteiger partial charge on any atom is 0.253 e. The Morgan fingerprint density at radius 3 is 2.57 bits per heavy atom. The Balaban J connectivity index is 1.83. The normalized spacial score (nSPS) is 13.8. The van der Waals surface area contributed by atoms with Crippen LogP contribution in [0.25, 0.3) is 28.2 Å². The van der Waals surface area contributed by atoms with Crippen molar-refractivity contribution in [3.8, 4) is 16.9 Å². The van der Waals surface area contributed by atoms with Crippen LogP contribution >= 0.6 is 0 Å². The molecule has 3 N–H and O–H groups in total. The van der Waals surface area contributed by atoms with E-state index in [1.807, 2.05) is 19.1 Å². The Morgan fingerprint density at radius 2 is 1.93 bits per heavy atom. The van der Waals surface area contributed by atoms with Crippen molar-refractivity contribution < 1.29 is 19.1 Å². The molecule has 1 aliphatic rings. The molecule has 3 aromatic rings. The van der Waals surface area contributed by atoms with Crippen molar-refractivity contribution in [2.24, 2.45) is 5.73 Å². The maximum atomic E-state index is 12.4. The number of phenolic OH excluding ortho intramolecular Hbond substituents is 1. The second-order valence-electron chi connectivity index (χ2n) is 7.49. The molecular formula is C24H22N2O4. The van der Waals surface area contributed by atoms with Gasteiger partial charge in [-0.15, -0.1) is 0 Å². The molecule has 1 aliphatic heterocycles. The summed E-state index contributed by atoms with van der Waals surface area (Å²) in [4.78, 5) is 25.8. The molecule has 0 saturated carbocycles. The molecule has 152 valence electrons. The number of phenols is 1. The molecule has 2 heterocycles. The van der Waals surface area contributed by atoms with Crippen molar-refractivity contribution >= 4 is 28.9 Å². The number of rotatable bonds is 5. The number of hydrogen-bond acceptors (Lipinski definition) is 4. The third-order valence-corrected chi connectivity index (χ3v) is 5.59. The van der Waals surface area contributed by atoms with Gasteiger partial charge >= 0.3 is 0 Å². The number of nitrogens with two attached hydrogens (primary N) is 1. The van der Waals surface area contributed by atoms with Gasteiger partial charge in [0.05, 0.1) is 11.5 Å². The molecular weight excluding hydrogens is 380 g/mol. The third-order valence-electron chi connectivity index (χ3n) is 5.59. The predicted octanol–water partition coefficient (Wildman–Crippen LogP) is 3.97. The van der Waals surface area contributed by atoms with Crippen molar-refractivity contribution in [2.45, 2.75) is 12.8 Å². The van der Waals surface area contributed by atoms with Crippen LogP contribution in [0.3, 0.4) is 0 Å². The fourth-order valence-corrected chi connectivity index (χ4v) is 4.03. The highest BCUT2D eigenvalue weighted by molar-refractivity contribution is 6.10. The number of amides is 2. The number of nitrogens with zero attached hydrogens (tertiary/aromatic N) is 1. The van der Waals surface area contributed by atoms with Crippen LogP contribution in [0.4, 0.5) is 0 Å². The molecule has 6 heteroatoms. The van der Waals surface area contributed by atoms with E-state index in [-0.39, 0.29) is 23.1 Å². The molecule has 0 bridgehead atoms. The summed E-state index contributed by atoms with van der Waals surface area (Å²) in [5.41, 5.74) is 9.26. The molecule has 0 radical (unpaired) electrons. The van der Waals surface area contributed by atoms with Gasteiger partial charge in [-0.3, -0.25) is 9.59 Å². The summed E-state index contributed by atoms with van der Waals surface area (Å²) in [7, 11) is 0. The monoisotopic (exact) mass is 402 g/mol. The predicted molar refractivity (Wildman–Crippen MR) is 116 cm³/mol. The quantitative estimate of drug-likeness (QED) is 0.631. The summed E-state index contributed by atoms with van der Waals surface area (Å²) in [6.45, 7) is 10.3. The number of aromatic hydroxyl groups is 1. The van der Waals surface area contributed by atoms with Crippen LogP contribution in [-0.2, 0) is 4.79 Å². The van der Waals surface area contributed by atoms with E-state index in [9.17, 15) is 14.7 Å². The van der Waals surface area contributed by atoms with Crippen molar-refractivity contribution in [3.63, 3.8) is 0 Å². The Hall–Kier alpha value is -3.80. The summed E-state index contributed by atoms with van der Waals surface area (Å²) in [6, 6.07) is 8.78. The molecule has 2 aromatic carbocycles. The number of aryl methyl sites for hydroxylation is 1. The first-order valence-electron chi connectivity index (χ1n) is 9.58.